The number of benzene rings is 2. The molecule has 0 aromatic heterocycles. The minimum Gasteiger partial charge on any atom is -0.461 e. The zero-order chi connectivity index (χ0) is 15.9. The van der Waals surface area contributed by atoms with Crippen LogP contribution in [0.15, 0.2) is 54.6 Å². The average molecular weight is 318 g/mol. The topological polar surface area (TPSA) is 52.3 Å². The Morgan fingerprint density at radius 2 is 1.73 bits per heavy atom. The second-order valence-electron chi connectivity index (χ2n) is 5.39. The second kappa shape index (κ2) is 7.97. The summed E-state index contributed by atoms with van der Waals surface area (Å²) in [6.45, 7) is 2.09. The zero-order valence-electron chi connectivity index (χ0n) is 12.5. The summed E-state index contributed by atoms with van der Waals surface area (Å²) in [7, 11) is 0. The van der Waals surface area contributed by atoms with Crippen LogP contribution in [0.4, 0.5) is 0 Å². The van der Waals surface area contributed by atoms with Crippen LogP contribution in [-0.4, -0.2) is 12.0 Å². The molecule has 0 saturated carbocycles. The van der Waals surface area contributed by atoms with Gasteiger partial charge in [0.15, 0.2) is 0 Å². The smallest absolute Gasteiger partial charge is 0.311 e. The number of esters is 1. The molecule has 116 valence electrons. The van der Waals surface area contributed by atoms with Crippen LogP contribution >= 0.6 is 11.6 Å². The van der Waals surface area contributed by atoms with E-state index >= 15 is 0 Å². The van der Waals surface area contributed by atoms with Crippen molar-refractivity contribution in [3.8, 4) is 0 Å². The highest BCUT2D eigenvalue weighted by atomic mass is 35.5. The lowest BCUT2D eigenvalue weighted by atomic mass is 9.93. The predicted octanol–water partition coefficient (Wildman–Crippen LogP) is 3.59. The fourth-order valence-corrected chi connectivity index (χ4v) is 2.32. The molecule has 2 atom stereocenters. The fraction of sp³-hybridized carbons (Fsp3) is 0.278. The molecule has 0 radical (unpaired) electrons. The number of ether oxygens (including phenoxy) is 1. The van der Waals surface area contributed by atoms with E-state index in [2.05, 4.69) is 0 Å². The molecule has 3 nitrogen and oxygen atoms in total. The summed E-state index contributed by atoms with van der Waals surface area (Å²) < 4.78 is 5.40. The van der Waals surface area contributed by atoms with Crippen LogP contribution < -0.4 is 5.73 Å². The minimum atomic E-state index is -0.370. The Bertz CT molecular complexity index is 596. The normalized spacial score (nSPS) is 13.4. The summed E-state index contributed by atoms with van der Waals surface area (Å²) in [5.74, 6) is -0.640. The van der Waals surface area contributed by atoms with Crippen molar-refractivity contribution in [1.29, 1.82) is 0 Å². The molecule has 0 fully saturated rings. The van der Waals surface area contributed by atoms with Gasteiger partial charge >= 0.3 is 5.97 Å². The Hall–Kier alpha value is -1.84. The van der Waals surface area contributed by atoms with Crippen LogP contribution in [0.1, 0.15) is 18.1 Å². The second-order valence-corrected chi connectivity index (χ2v) is 5.83. The minimum absolute atomic E-state index is 0.267. The molecule has 2 rings (SSSR count). The first-order valence-electron chi connectivity index (χ1n) is 7.27. The number of hydrogen-bond acceptors (Lipinski definition) is 3. The summed E-state index contributed by atoms with van der Waals surface area (Å²) in [6.07, 6.45) is 0.544. The molecule has 0 spiro atoms. The van der Waals surface area contributed by atoms with Crippen molar-refractivity contribution in [3.05, 3.63) is 70.7 Å². The van der Waals surface area contributed by atoms with E-state index in [-0.39, 0.29) is 24.5 Å². The van der Waals surface area contributed by atoms with Gasteiger partial charge in [0.1, 0.15) is 6.61 Å². The van der Waals surface area contributed by atoms with Crippen LogP contribution in [0.3, 0.4) is 0 Å². The van der Waals surface area contributed by atoms with Gasteiger partial charge in [-0.05, 0) is 36.6 Å². The van der Waals surface area contributed by atoms with E-state index in [0.29, 0.717) is 11.4 Å². The molecule has 2 N–H and O–H groups in total. The van der Waals surface area contributed by atoms with Crippen LogP contribution in [0.5, 0.6) is 0 Å². The molecule has 0 saturated heterocycles. The van der Waals surface area contributed by atoms with Gasteiger partial charge in [0, 0.05) is 11.1 Å². The fourth-order valence-electron chi connectivity index (χ4n) is 2.19. The van der Waals surface area contributed by atoms with Crippen LogP contribution in [0.25, 0.3) is 0 Å². The Morgan fingerprint density at radius 3 is 2.32 bits per heavy atom. The summed E-state index contributed by atoms with van der Waals surface area (Å²) in [5, 5.41) is 0.674. The van der Waals surface area contributed by atoms with Crippen molar-refractivity contribution in [2.45, 2.75) is 26.0 Å². The van der Waals surface area contributed by atoms with Crippen LogP contribution in [0, 0.1) is 5.92 Å². The number of hydrogen-bond donors (Lipinski definition) is 1. The quantitative estimate of drug-likeness (QED) is 0.828. The third kappa shape index (κ3) is 4.86. The van der Waals surface area contributed by atoms with Gasteiger partial charge in [-0.3, -0.25) is 4.79 Å². The van der Waals surface area contributed by atoms with Gasteiger partial charge in [-0.2, -0.15) is 0 Å². The number of carbonyl (C=O) groups excluding carboxylic acids is 1. The highest BCUT2D eigenvalue weighted by molar-refractivity contribution is 6.30. The van der Waals surface area contributed by atoms with Gasteiger partial charge in [-0.25, -0.2) is 0 Å². The lowest BCUT2D eigenvalue weighted by Crippen LogP contribution is -2.35. The molecule has 22 heavy (non-hydrogen) atoms. The molecule has 0 heterocycles. The van der Waals surface area contributed by atoms with Gasteiger partial charge in [0.2, 0.25) is 0 Å². The molecule has 0 amide bonds. The molecule has 2 aromatic carbocycles. The van der Waals surface area contributed by atoms with Gasteiger partial charge in [-0.1, -0.05) is 54.1 Å². The van der Waals surface area contributed by atoms with E-state index < -0.39 is 0 Å². The number of halogens is 1. The first-order valence-corrected chi connectivity index (χ1v) is 7.64. The molecule has 0 bridgehead atoms. The Labute approximate surface area is 136 Å². The maximum absolute atomic E-state index is 12.3. The SMILES string of the molecule is C[C@@H](N)[C@H](Cc1ccc(Cl)cc1)C(=O)OCc1ccccc1. The predicted molar refractivity (Wildman–Crippen MR) is 88.5 cm³/mol. The number of carbonyl (C=O) groups is 1. The Balaban J connectivity index is 1.97. The van der Waals surface area contributed by atoms with Crippen molar-refractivity contribution in [2.24, 2.45) is 11.7 Å². The van der Waals surface area contributed by atoms with Crippen molar-refractivity contribution in [2.75, 3.05) is 0 Å². The van der Waals surface area contributed by atoms with Gasteiger partial charge in [-0.15, -0.1) is 0 Å². The first-order chi connectivity index (χ1) is 10.6. The van der Waals surface area contributed by atoms with E-state index in [0.717, 1.165) is 11.1 Å². The van der Waals surface area contributed by atoms with E-state index in [1.807, 2.05) is 61.5 Å². The van der Waals surface area contributed by atoms with E-state index in [9.17, 15) is 4.79 Å². The lowest BCUT2D eigenvalue weighted by Gasteiger charge is -2.19. The summed E-state index contributed by atoms with van der Waals surface area (Å²) in [4.78, 5) is 12.3. The maximum Gasteiger partial charge on any atom is 0.311 e. The van der Waals surface area contributed by atoms with Gasteiger partial charge < -0.3 is 10.5 Å². The van der Waals surface area contributed by atoms with Crippen molar-refractivity contribution in [3.63, 3.8) is 0 Å². The molecule has 0 aliphatic rings. The molecular formula is C18H20ClNO2. The number of rotatable bonds is 6. The molecule has 0 aliphatic carbocycles. The molecule has 0 unspecified atom stereocenters. The van der Waals surface area contributed by atoms with Crippen molar-refractivity contribution >= 4 is 17.6 Å². The van der Waals surface area contributed by atoms with E-state index in [4.69, 9.17) is 22.1 Å². The number of nitrogens with two attached hydrogens (primary N) is 1. The first kappa shape index (κ1) is 16.5. The Kier molecular flexibility index (Phi) is 5.99. The third-order valence-electron chi connectivity index (χ3n) is 3.53. The Morgan fingerprint density at radius 1 is 1.09 bits per heavy atom. The highest BCUT2D eigenvalue weighted by Crippen LogP contribution is 2.17. The average Bonchev–Trinajstić information content (AvgIpc) is 2.52. The molecular weight excluding hydrogens is 298 g/mol. The van der Waals surface area contributed by atoms with Gasteiger partial charge in [0.05, 0.1) is 5.92 Å². The highest BCUT2D eigenvalue weighted by Gasteiger charge is 2.24. The third-order valence-corrected chi connectivity index (χ3v) is 3.78. The molecule has 2 aromatic rings. The van der Waals surface area contributed by atoms with Crippen molar-refractivity contribution in [1.82, 2.24) is 0 Å². The van der Waals surface area contributed by atoms with Gasteiger partial charge in [0.25, 0.3) is 0 Å². The summed E-state index contributed by atoms with van der Waals surface area (Å²) >= 11 is 5.87. The van der Waals surface area contributed by atoms with Crippen LogP contribution in [0.2, 0.25) is 5.02 Å². The molecule has 0 aliphatic heterocycles. The summed E-state index contributed by atoms with van der Waals surface area (Å²) in [6, 6.07) is 16.8. The maximum atomic E-state index is 12.3. The van der Waals surface area contributed by atoms with Crippen LogP contribution in [-0.2, 0) is 22.6 Å². The zero-order valence-corrected chi connectivity index (χ0v) is 13.3. The monoisotopic (exact) mass is 317 g/mol. The summed E-state index contributed by atoms with van der Waals surface area (Å²) in [5.41, 5.74) is 7.94. The molecule has 4 heteroatoms. The van der Waals surface area contributed by atoms with E-state index in [1.165, 1.54) is 0 Å². The van der Waals surface area contributed by atoms with Crippen molar-refractivity contribution < 1.29 is 9.53 Å². The lowest BCUT2D eigenvalue weighted by molar-refractivity contribution is -0.150. The standard InChI is InChI=1S/C18H20ClNO2/c1-13(20)17(11-14-7-9-16(19)10-8-14)18(21)22-12-15-5-3-2-4-6-15/h2-10,13,17H,11-12,20H2,1H3/t13-,17+/m1/s1. The largest absolute Gasteiger partial charge is 0.461 e. The van der Waals surface area contributed by atoms with E-state index in [1.54, 1.807) is 0 Å².